The first-order valence-electron chi connectivity index (χ1n) is 11.9. The fraction of sp³-hybridized carbons (Fsp3) is 0.500. The van der Waals surface area contributed by atoms with Crippen molar-refractivity contribution in [1.82, 2.24) is 14.9 Å². The van der Waals surface area contributed by atoms with Gasteiger partial charge in [-0.2, -0.15) is 13.2 Å². The first-order valence-corrected chi connectivity index (χ1v) is 13.8. The topological polar surface area (TPSA) is 124 Å². The standard InChI is InChI=1S/C24H29F4N5O5S/c1-14(2)18-13-32(15-5-6-17(25)19(11-15)39(4,37)38)9-10-33(18)23-29-12-16(21(30-23)24(26,27)28)22(36)31(3)8-7-20(34)35/h5-6,11-12,14,18H,7-10,13H2,1-4H3,(H,34,35)/t18-/m0/s1. The Bertz CT molecular complexity index is 1350. The summed E-state index contributed by atoms with van der Waals surface area (Å²) in [4.78, 5) is 35.1. The van der Waals surface area contributed by atoms with Gasteiger partial charge in [-0.3, -0.25) is 9.59 Å². The number of aliphatic carboxylic acids is 1. The molecule has 0 spiro atoms. The minimum Gasteiger partial charge on any atom is -0.481 e. The number of aromatic nitrogens is 2. The van der Waals surface area contributed by atoms with Crippen molar-refractivity contribution in [2.45, 2.75) is 37.4 Å². The molecule has 1 atom stereocenters. The van der Waals surface area contributed by atoms with Crippen molar-refractivity contribution in [2.24, 2.45) is 5.92 Å². The lowest BCUT2D eigenvalue weighted by molar-refractivity contribution is -0.142. The van der Waals surface area contributed by atoms with Crippen LogP contribution in [0.15, 0.2) is 29.3 Å². The smallest absolute Gasteiger partial charge is 0.434 e. The van der Waals surface area contributed by atoms with Crippen LogP contribution in [0, 0.1) is 11.7 Å². The number of sulfone groups is 1. The molecule has 1 saturated heterocycles. The highest BCUT2D eigenvalue weighted by Gasteiger charge is 2.40. The number of halogens is 4. The molecule has 1 aromatic heterocycles. The fourth-order valence-electron chi connectivity index (χ4n) is 4.29. The number of anilines is 2. The zero-order valence-electron chi connectivity index (χ0n) is 21.7. The van der Waals surface area contributed by atoms with E-state index in [1.807, 2.05) is 18.7 Å². The molecule has 1 aliphatic rings. The van der Waals surface area contributed by atoms with E-state index in [1.54, 1.807) is 4.90 Å². The quantitative estimate of drug-likeness (QED) is 0.473. The molecule has 0 unspecified atom stereocenters. The number of hydrogen-bond donors (Lipinski definition) is 1. The Morgan fingerprint density at radius 2 is 1.90 bits per heavy atom. The lowest BCUT2D eigenvalue weighted by Gasteiger charge is -2.44. The van der Waals surface area contributed by atoms with Crippen molar-refractivity contribution in [1.29, 1.82) is 0 Å². The van der Waals surface area contributed by atoms with Crippen LogP contribution in [0.5, 0.6) is 0 Å². The first-order chi connectivity index (χ1) is 18.0. The Kier molecular flexibility index (Phi) is 8.72. The molecule has 0 bridgehead atoms. The van der Waals surface area contributed by atoms with Crippen LogP contribution in [0.1, 0.15) is 36.3 Å². The highest BCUT2D eigenvalue weighted by atomic mass is 32.2. The van der Waals surface area contributed by atoms with Crippen molar-refractivity contribution < 1.29 is 40.7 Å². The normalized spacial score (nSPS) is 16.5. The number of alkyl halides is 3. The van der Waals surface area contributed by atoms with Crippen LogP contribution in [0.2, 0.25) is 0 Å². The molecular formula is C24H29F4N5O5S. The summed E-state index contributed by atoms with van der Waals surface area (Å²) in [5.41, 5.74) is -1.77. The monoisotopic (exact) mass is 575 g/mol. The Morgan fingerprint density at radius 3 is 2.46 bits per heavy atom. The molecule has 2 heterocycles. The SMILES string of the molecule is CC(C)[C@@H]1CN(c2ccc(F)c(S(C)(=O)=O)c2)CCN1c1ncc(C(=O)N(C)CCC(=O)O)c(C(F)(F)F)n1. The van der Waals surface area contributed by atoms with E-state index in [2.05, 4.69) is 9.97 Å². The number of hydrogen-bond acceptors (Lipinski definition) is 8. The summed E-state index contributed by atoms with van der Waals surface area (Å²) in [5.74, 6) is -3.48. The Morgan fingerprint density at radius 1 is 1.23 bits per heavy atom. The van der Waals surface area contributed by atoms with Gasteiger partial charge in [-0.1, -0.05) is 13.8 Å². The van der Waals surface area contributed by atoms with Gasteiger partial charge in [0.05, 0.1) is 18.0 Å². The van der Waals surface area contributed by atoms with Gasteiger partial charge >= 0.3 is 12.1 Å². The summed E-state index contributed by atoms with van der Waals surface area (Å²) in [6, 6.07) is 3.32. The predicted molar refractivity (Wildman–Crippen MR) is 134 cm³/mol. The van der Waals surface area contributed by atoms with Crippen molar-refractivity contribution in [3.63, 3.8) is 0 Å². The Labute approximate surface area is 223 Å². The average molecular weight is 576 g/mol. The van der Waals surface area contributed by atoms with Gasteiger partial charge in [-0.05, 0) is 24.1 Å². The van der Waals surface area contributed by atoms with E-state index in [0.29, 0.717) is 5.69 Å². The van der Waals surface area contributed by atoms with Gasteiger partial charge in [0, 0.05) is 51.4 Å². The zero-order chi connectivity index (χ0) is 29.3. The summed E-state index contributed by atoms with van der Waals surface area (Å²) >= 11 is 0. The summed E-state index contributed by atoms with van der Waals surface area (Å²) in [6.07, 6.45) is -3.73. The largest absolute Gasteiger partial charge is 0.481 e. The summed E-state index contributed by atoms with van der Waals surface area (Å²) < 4.78 is 80.0. The average Bonchev–Trinajstić information content (AvgIpc) is 2.85. The van der Waals surface area contributed by atoms with Crippen LogP contribution in [0.4, 0.5) is 29.2 Å². The molecule has 39 heavy (non-hydrogen) atoms. The van der Waals surface area contributed by atoms with Gasteiger partial charge in [0.1, 0.15) is 10.7 Å². The maximum Gasteiger partial charge on any atom is 0.434 e. The van der Waals surface area contributed by atoms with Crippen molar-refractivity contribution in [3.05, 3.63) is 41.5 Å². The number of amides is 1. The van der Waals surface area contributed by atoms with Gasteiger partial charge in [-0.15, -0.1) is 0 Å². The van der Waals surface area contributed by atoms with E-state index in [1.165, 1.54) is 19.2 Å². The van der Waals surface area contributed by atoms with Gasteiger partial charge in [0.25, 0.3) is 5.91 Å². The molecule has 0 radical (unpaired) electrons. The lowest BCUT2D eigenvalue weighted by atomic mass is 9.99. The predicted octanol–water partition coefficient (Wildman–Crippen LogP) is 2.94. The molecule has 1 fully saturated rings. The summed E-state index contributed by atoms with van der Waals surface area (Å²) in [6.45, 7) is 4.09. The minimum atomic E-state index is -4.98. The van der Waals surface area contributed by atoms with Crippen LogP contribution in [0.3, 0.4) is 0 Å². The molecule has 0 saturated carbocycles. The maximum atomic E-state index is 14.1. The first kappa shape index (κ1) is 30.1. The number of piperazine rings is 1. The molecule has 10 nitrogen and oxygen atoms in total. The molecule has 214 valence electrons. The number of nitrogens with zero attached hydrogens (tertiary/aromatic N) is 5. The van der Waals surface area contributed by atoms with Crippen LogP contribution in [-0.4, -0.2) is 85.8 Å². The van der Waals surface area contributed by atoms with E-state index in [9.17, 15) is 35.6 Å². The number of carbonyl (C=O) groups excluding carboxylic acids is 1. The number of benzene rings is 1. The third-order valence-electron chi connectivity index (χ3n) is 6.41. The number of rotatable bonds is 8. The van der Waals surface area contributed by atoms with Crippen LogP contribution < -0.4 is 9.80 Å². The summed E-state index contributed by atoms with van der Waals surface area (Å²) in [5, 5.41) is 8.81. The van der Waals surface area contributed by atoms with E-state index < -0.39 is 62.3 Å². The van der Waals surface area contributed by atoms with Crippen LogP contribution >= 0.6 is 0 Å². The van der Waals surface area contributed by atoms with Gasteiger partial charge in [0.15, 0.2) is 15.5 Å². The minimum absolute atomic E-state index is 0.107. The summed E-state index contributed by atoms with van der Waals surface area (Å²) in [7, 11) is -2.63. The molecule has 1 amide bonds. The molecular weight excluding hydrogens is 546 g/mol. The second kappa shape index (κ2) is 11.3. The number of carbonyl (C=O) groups is 2. The molecule has 1 aromatic carbocycles. The van der Waals surface area contributed by atoms with Crippen LogP contribution in [0.25, 0.3) is 0 Å². The van der Waals surface area contributed by atoms with Crippen LogP contribution in [-0.2, 0) is 20.8 Å². The molecule has 0 aliphatic carbocycles. The molecule has 1 N–H and O–H groups in total. The van der Waals surface area contributed by atoms with E-state index in [4.69, 9.17) is 5.11 Å². The molecule has 15 heteroatoms. The third kappa shape index (κ3) is 6.94. The molecule has 1 aliphatic heterocycles. The number of carboxylic acids is 1. The lowest BCUT2D eigenvalue weighted by Crippen LogP contribution is -2.56. The maximum absolute atomic E-state index is 14.1. The third-order valence-corrected chi connectivity index (χ3v) is 7.52. The highest BCUT2D eigenvalue weighted by molar-refractivity contribution is 7.90. The Hall–Kier alpha value is -3.49. The van der Waals surface area contributed by atoms with Crippen molar-refractivity contribution in [3.8, 4) is 0 Å². The van der Waals surface area contributed by atoms with Gasteiger partial charge < -0.3 is 19.8 Å². The Balaban J connectivity index is 1.93. The van der Waals surface area contributed by atoms with E-state index in [0.717, 1.165) is 23.4 Å². The van der Waals surface area contributed by atoms with Gasteiger partial charge in [0.2, 0.25) is 5.95 Å². The fourth-order valence-corrected chi connectivity index (χ4v) is 5.05. The second-order valence-corrected chi connectivity index (χ2v) is 11.6. The van der Waals surface area contributed by atoms with Gasteiger partial charge in [-0.25, -0.2) is 22.8 Å². The van der Waals surface area contributed by atoms with E-state index >= 15 is 0 Å². The second-order valence-electron chi connectivity index (χ2n) is 9.64. The highest BCUT2D eigenvalue weighted by Crippen LogP contribution is 2.34. The molecule has 3 rings (SSSR count). The molecule has 2 aromatic rings. The zero-order valence-corrected chi connectivity index (χ0v) is 22.6. The number of carboxylic acid groups (broad SMARTS) is 1. The van der Waals surface area contributed by atoms with Crippen molar-refractivity contribution >= 4 is 33.3 Å². The van der Waals surface area contributed by atoms with E-state index in [-0.39, 0.29) is 38.0 Å². The van der Waals surface area contributed by atoms with Crippen molar-refractivity contribution in [2.75, 3.05) is 49.3 Å².